The fourth-order valence-corrected chi connectivity index (χ4v) is 3.16. The van der Waals surface area contributed by atoms with Gasteiger partial charge in [0.05, 0.1) is 11.5 Å². The summed E-state index contributed by atoms with van der Waals surface area (Å²) in [4.78, 5) is 4.48. The first-order valence-corrected chi connectivity index (χ1v) is 7.47. The first-order chi connectivity index (χ1) is 9.78. The Morgan fingerprint density at radius 2 is 2.10 bits per heavy atom. The van der Waals surface area contributed by atoms with Crippen molar-refractivity contribution in [3.8, 4) is 0 Å². The van der Waals surface area contributed by atoms with Crippen LogP contribution in [0.4, 0.5) is 0 Å². The summed E-state index contributed by atoms with van der Waals surface area (Å²) in [6.45, 7) is 2.06. The van der Waals surface area contributed by atoms with E-state index in [1.54, 1.807) is 6.26 Å². The maximum Gasteiger partial charge on any atom is 0.257 e. The number of nitrogens with zero attached hydrogens (tertiary/aromatic N) is 1. The van der Waals surface area contributed by atoms with Crippen molar-refractivity contribution in [2.24, 2.45) is 5.73 Å². The van der Waals surface area contributed by atoms with Crippen LogP contribution in [0.3, 0.4) is 0 Å². The molecule has 0 aliphatic rings. The van der Waals surface area contributed by atoms with Crippen molar-refractivity contribution < 1.29 is 8.83 Å². The lowest BCUT2D eigenvalue weighted by atomic mass is 10.1. The van der Waals surface area contributed by atoms with Gasteiger partial charge in [-0.3, -0.25) is 0 Å². The van der Waals surface area contributed by atoms with Gasteiger partial charge in [-0.05, 0) is 30.7 Å². The number of hydrogen-bond acceptors (Lipinski definition) is 5. The zero-order chi connectivity index (χ0) is 13.9. The highest BCUT2D eigenvalue weighted by Crippen LogP contribution is 2.38. The number of nitrogens with two attached hydrogens (primary N) is 1. The average Bonchev–Trinajstić information content (AvgIpc) is 3.12. The second-order valence-corrected chi connectivity index (χ2v) is 5.67. The summed E-state index contributed by atoms with van der Waals surface area (Å²) in [6, 6.07) is 11.5. The fourth-order valence-electron chi connectivity index (χ4n) is 2.03. The molecule has 0 fully saturated rings. The highest BCUT2D eigenvalue weighted by Gasteiger charge is 2.24. The summed E-state index contributed by atoms with van der Waals surface area (Å²) >= 11 is 1.51. The Balaban J connectivity index is 1.89. The molecule has 0 amide bonds. The minimum absolute atomic E-state index is 0.00284. The monoisotopic (exact) mass is 288 g/mol. The van der Waals surface area contributed by atoms with Crippen LogP contribution in [0.5, 0.6) is 0 Å². The van der Waals surface area contributed by atoms with Gasteiger partial charge in [-0.25, -0.2) is 4.98 Å². The standard InChI is InChI=1S/C15H16N2O2S/c1-2-10(16)14(13-8-5-9-18-13)20-15-17-11-6-3-4-7-12(11)19-15/h3-10,14H,2,16H2,1H3. The van der Waals surface area contributed by atoms with E-state index in [9.17, 15) is 0 Å². The van der Waals surface area contributed by atoms with Gasteiger partial charge in [0, 0.05) is 6.04 Å². The molecule has 0 radical (unpaired) electrons. The second-order valence-electron chi connectivity index (χ2n) is 4.57. The van der Waals surface area contributed by atoms with Crippen LogP contribution >= 0.6 is 11.8 Å². The van der Waals surface area contributed by atoms with E-state index in [-0.39, 0.29) is 11.3 Å². The second kappa shape index (κ2) is 5.73. The third-order valence-electron chi connectivity index (χ3n) is 3.19. The number of aromatic nitrogens is 1. The van der Waals surface area contributed by atoms with Crippen LogP contribution in [0.15, 0.2) is 56.7 Å². The molecule has 3 rings (SSSR count). The summed E-state index contributed by atoms with van der Waals surface area (Å²) in [5.74, 6) is 0.853. The number of para-hydroxylation sites is 2. The molecule has 104 valence electrons. The Labute approximate surface area is 121 Å². The van der Waals surface area contributed by atoms with Crippen molar-refractivity contribution in [1.82, 2.24) is 4.98 Å². The number of oxazole rings is 1. The van der Waals surface area contributed by atoms with E-state index in [2.05, 4.69) is 11.9 Å². The zero-order valence-corrected chi connectivity index (χ0v) is 12.0. The van der Waals surface area contributed by atoms with Crippen molar-refractivity contribution in [3.63, 3.8) is 0 Å². The van der Waals surface area contributed by atoms with Gasteiger partial charge in [0.1, 0.15) is 11.3 Å². The molecule has 1 aromatic carbocycles. The van der Waals surface area contributed by atoms with Crippen LogP contribution in [0.1, 0.15) is 24.4 Å². The maximum atomic E-state index is 6.20. The molecule has 2 atom stereocenters. The molecule has 2 aromatic heterocycles. The van der Waals surface area contributed by atoms with E-state index in [1.807, 2.05) is 36.4 Å². The lowest BCUT2D eigenvalue weighted by Gasteiger charge is -2.18. The Hall–Kier alpha value is -1.72. The first kappa shape index (κ1) is 13.3. The van der Waals surface area contributed by atoms with E-state index >= 15 is 0 Å². The zero-order valence-electron chi connectivity index (χ0n) is 11.2. The normalized spacial score (nSPS) is 14.5. The molecule has 3 aromatic rings. The van der Waals surface area contributed by atoms with Crippen molar-refractivity contribution >= 4 is 22.9 Å². The third kappa shape index (κ3) is 2.59. The van der Waals surface area contributed by atoms with Crippen molar-refractivity contribution in [1.29, 1.82) is 0 Å². The molecule has 0 aliphatic heterocycles. The Bertz CT molecular complexity index is 645. The molecule has 4 nitrogen and oxygen atoms in total. The SMILES string of the molecule is CCC(N)C(Sc1nc2ccccc2o1)c1ccco1. The first-order valence-electron chi connectivity index (χ1n) is 6.59. The number of thioether (sulfide) groups is 1. The molecule has 20 heavy (non-hydrogen) atoms. The smallest absolute Gasteiger partial charge is 0.257 e. The number of benzene rings is 1. The van der Waals surface area contributed by atoms with Gasteiger partial charge in [0.25, 0.3) is 5.22 Å². The molecule has 0 bridgehead atoms. The predicted octanol–water partition coefficient (Wildman–Crippen LogP) is 3.99. The summed E-state index contributed by atoms with van der Waals surface area (Å²) in [5.41, 5.74) is 7.85. The highest BCUT2D eigenvalue weighted by atomic mass is 32.2. The van der Waals surface area contributed by atoms with Crippen LogP contribution in [-0.2, 0) is 0 Å². The molecule has 2 unspecified atom stereocenters. The number of hydrogen-bond donors (Lipinski definition) is 1. The Morgan fingerprint density at radius 1 is 1.25 bits per heavy atom. The van der Waals surface area contributed by atoms with Crippen LogP contribution in [0.2, 0.25) is 0 Å². The number of furan rings is 1. The fraction of sp³-hybridized carbons (Fsp3) is 0.267. The lowest BCUT2D eigenvalue weighted by Crippen LogP contribution is -2.25. The number of rotatable bonds is 5. The summed E-state index contributed by atoms with van der Waals surface area (Å²) in [6.07, 6.45) is 2.52. The Kier molecular flexibility index (Phi) is 3.80. The summed E-state index contributed by atoms with van der Waals surface area (Å²) < 4.78 is 11.2. The topological polar surface area (TPSA) is 65.2 Å². The molecule has 0 spiro atoms. The van der Waals surface area contributed by atoms with E-state index in [4.69, 9.17) is 14.6 Å². The quantitative estimate of drug-likeness (QED) is 0.719. The lowest BCUT2D eigenvalue weighted by molar-refractivity contribution is 0.461. The van der Waals surface area contributed by atoms with Crippen LogP contribution in [-0.4, -0.2) is 11.0 Å². The van der Waals surface area contributed by atoms with Gasteiger partial charge in [-0.1, -0.05) is 30.8 Å². The van der Waals surface area contributed by atoms with Gasteiger partial charge < -0.3 is 14.6 Å². The van der Waals surface area contributed by atoms with Crippen molar-refractivity contribution in [2.45, 2.75) is 29.9 Å². The molecule has 0 saturated heterocycles. The molecule has 2 heterocycles. The van der Waals surface area contributed by atoms with Gasteiger partial charge in [-0.2, -0.15) is 0 Å². The molecule has 5 heteroatoms. The van der Waals surface area contributed by atoms with Crippen LogP contribution in [0, 0.1) is 0 Å². The maximum absolute atomic E-state index is 6.20. The third-order valence-corrected chi connectivity index (χ3v) is 4.40. The van der Waals surface area contributed by atoms with Crippen LogP contribution in [0.25, 0.3) is 11.1 Å². The molecular formula is C15H16N2O2S. The van der Waals surface area contributed by atoms with Crippen LogP contribution < -0.4 is 5.73 Å². The molecule has 0 aliphatic carbocycles. The van der Waals surface area contributed by atoms with E-state index in [0.29, 0.717) is 5.22 Å². The van der Waals surface area contributed by atoms with E-state index in [1.165, 1.54) is 11.8 Å². The number of fused-ring (bicyclic) bond motifs is 1. The van der Waals surface area contributed by atoms with Gasteiger partial charge in [0.15, 0.2) is 5.58 Å². The average molecular weight is 288 g/mol. The predicted molar refractivity (Wildman–Crippen MR) is 79.6 cm³/mol. The van der Waals surface area contributed by atoms with Crippen molar-refractivity contribution in [2.75, 3.05) is 0 Å². The van der Waals surface area contributed by atoms with E-state index in [0.717, 1.165) is 23.3 Å². The van der Waals surface area contributed by atoms with E-state index < -0.39 is 0 Å². The minimum atomic E-state index is -0.0128. The molecule has 0 saturated carbocycles. The van der Waals surface area contributed by atoms with Gasteiger partial charge >= 0.3 is 0 Å². The minimum Gasteiger partial charge on any atom is -0.468 e. The van der Waals surface area contributed by atoms with Gasteiger partial charge in [-0.15, -0.1) is 0 Å². The largest absolute Gasteiger partial charge is 0.468 e. The van der Waals surface area contributed by atoms with Crippen molar-refractivity contribution in [3.05, 3.63) is 48.4 Å². The highest BCUT2D eigenvalue weighted by molar-refractivity contribution is 7.99. The summed E-state index contributed by atoms with van der Waals surface area (Å²) in [7, 11) is 0. The Morgan fingerprint density at radius 3 is 2.80 bits per heavy atom. The molecular weight excluding hydrogens is 272 g/mol. The van der Waals surface area contributed by atoms with Gasteiger partial charge in [0.2, 0.25) is 0 Å². The summed E-state index contributed by atoms with van der Waals surface area (Å²) in [5, 5.41) is 0.625. The molecule has 2 N–H and O–H groups in total.